The minimum atomic E-state index is -0.458. The van der Waals surface area contributed by atoms with E-state index in [1.54, 1.807) is 36.4 Å². The van der Waals surface area contributed by atoms with Crippen LogP contribution >= 0.6 is 22.6 Å². The Hall–Kier alpha value is -3.19. The normalized spacial score (nSPS) is 13.6. The lowest BCUT2D eigenvalue weighted by atomic mass is 10.1. The second-order valence-electron chi connectivity index (χ2n) is 7.35. The van der Waals surface area contributed by atoms with Crippen LogP contribution in [-0.4, -0.2) is 27.8 Å². The highest BCUT2D eigenvalue weighted by Gasteiger charge is 2.19. The van der Waals surface area contributed by atoms with Crippen LogP contribution in [0.15, 0.2) is 42.5 Å². The van der Waals surface area contributed by atoms with Gasteiger partial charge in [0.15, 0.2) is 17.3 Å². The summed E-state index contributed by atoms with van der Waals surface area (Å²) in [4.78, 5) is 12.6. The SMILES string of the molecule is COc1cc(C=C(C#N)c2nnc3n2CCCCC3)ccc1OC(=O)c1ccccc1I. The van der Waals surface area contributed by atoms with Crippen LogP contribution in [0.3, 0.4) is 0 Å². The van der Waals surface area contributed by atoms with Crippen LogP contribution in [0.25, 0.3) is 11.6 Å². The van der Waals surface area contributed by atoms with Gasteiger partial charge in [0, 0.05) is 16.5 Å². The number of benzene rings is 2. The van der Waals surface area contributed by atoms with E-state index < -0.39 is 5.97 Å². The van der Waals surface area contributed by atoms with E-state index in [2.05, 4.69) is 38.9 Å². The molecule has 1 aromatic heterocycles. The fourth-order valence-electron chi connectivity index (χ4n) is 3.64. The largest absolute Gasteiger partial charge is 0.493 e. The monoisotopic (exact) mass is 540 g/mol. The van der Waals surface area contributed by atoms with E-state index >= 15 is 0 Å². The highest BCUT2D eigenvalue weighted by molar-refractivity contribution is 14.1. The van der Waals surface area contributed by atoms with Crippen LogP contribution in [0.1, 0.15) is 46.8 Å². The molecule has 32 heavy (non-hydrogen) atoms. The topological polar surface area (TPSA) is 90.0 Å². The first-order valence-electron chi connectivity index (χ1n) is 10.3. The third-order valence-electron chi connectivity index (χ3n) is 5.27. The Balaban J connectivity index is 1.62. The Bertz CT molecular complexity index is 1230. The van der Waals surface area contributed by atoms with Crippen molar-refractivity contribution in [2.75, 3.05) is 7.11 Å². The van der Waals surface area contributed by atoms with Gasteiger partial charge in [0.25, 0.3) is 0 Å². The van der Waals surface area contributed by atoms with Gasteiger partial charge in [-0.25, -0.2) is 4.79 Å². The Morgan fingerprint density at radius 2 is 2.00 bits per heavy atom. The molecule has 0 saturated carbocycles. The molecule has 0 bridgehead atoms. The fraction of sp³-hybridized carbons (Fsp3) is 0.250. The zero-order valence-electron chi connectivity index (χ0n) is 17.5. The standard InChI is InChI=1S/C24H21IN4O3/c1-31-21-14-16(10-11-20(21)32-24(30)18-7-4-5-8-19(18)25)13-17(15-26)23-28-27-22-9-3-2-6-12-29(22)23/h4-5,7-8,10-11,13-14H,2-3,6,9,12H2,1H3. The van der Waals surface area contributed by atoms with Gasteiger partial charge in [-0.2, -0.15) is 5.26 Å². The van der Waals surface area contributed by atoms with Crippen molar-refractivity contribution in [3.8, 4) is 17.6 Å². The van der Waals surface area contributed by atoms with Gasteiger partial charge in [-0.05, 0) is 71.3 Å². The van der Waals surface area contributed by atoms with Crippen LogP contribution in [0.2, 0.25) is 0 Å². The van der Waals surface area contributed by atoms with Crippen molar-refractivity contribution in [2.45, 2.75) is 32.2 Å². The fourth-order valence-corrected chi connectivity index (χ4v) is 4.25. The quantitative estimate of drug-likeness (QED) is 0.198. The van der Waals surface area contributed by atoms with Gasteiger partial charge in [0.05, 0.1) is 18.2 Å². The highest BCUT2D eigenvalue weighted by atomic mass is 127. The minimum absolute atomic E-state index is 0.309. The molecule has 8 heteroatoms. The van der Waals surface area contributed by atoms with Crippen LogP contribution in [0.4, 0.5) is 0 Å². The molecule has 1 aliphatic rings. The van der Waals surface area contributed by atoms with E-state index in [-0.39, 0.29) is 0 Å². The van der Waals surface area contributed by atoms with Crippen molar-refractivity contribution >= 4 is 40.2 Å². The van der Waals surface area contributed by atoms with E-state index in [0.717, 1.165) is 47.2 Å². The van der Waals surface area contributed by atoms with E-state index in [1.807, 2.05) is 16.7 Å². The maximum Gasteiger partial charge on any atom is 0.344 e. The summed E-state index contributed by atoms with van der Waals surface area (Å²) in [5.41, 5.74) is 1.65. The number of aryl methyl sites for hydroxylation is 1. The molecule has 0 aliphatic carbocycles. The molecule has 3 aromatic rings. The molecule has 4 rings (SSSR count). The average Bonchev–Trinajstić information content (AvgIpc) is 3.05. The number of rotatable bonds is 5. The zero-order chi connectivity index (χ0) is 22.5. The van der Waals surface area contributed by atoms with Crippen LogP contribution < -0.4 is 9.47 Å². The number of nitriles is 1. The van der Waals surface area contributed by atoms with Crippen LogP contribution in [-0.2, 0) is 13.0 Å². The highest BCUT2D eigenvalue weighted by Crippen LogP contribution is 2.31. The zero-order valence-corrected chi connectivity index (χ0v) is 19.7. The van der Waals surface area contributed by atoms with Crippen LogP contribution in [0.5, 0.6) is 11.5 Å². The first-order valence-corrected chi connectivity index (χ1v) is 11.4. The molecular weight excluding hydrogens is 519 g/mol. The summed E-state index contributed by atoms with van der Waals surface area (Å²) in [6, 6.07) is 14.6. The third-order valence-corrected chi connectivity index (χ3v) is 6.21. The predicted molar refractivity (Wildman–Crippen MR) is 128 cm³/mol. The van der Waals surface area contributed by atoms with Gasteiger partial charge >= 0.3 is 5.97 Å². The van der Waals surface area contributed by atoms with Gasteiger partial charge in [-0.15, -0.1) is 10.2 Å². The lowest BCUT2D eigenvalue weighted by Crippen LogP contribution is -2.10. The number of allylic oxidation sites excluding steroid dienone is 1. The molecule has 1 aliphatic heterocycles. The van der Waals surface area contributed by atoms with E-state index in [1.165, 1.54) is 7.11 Å². The summed E-state index contributed by atoms with van der Waals surface area (Å²) < 4.78 is 13.9. The summed E-state index contributed by atoms with van der Waals surface area (Å²) in [5.74, 6) is 1.76. The van der Waals surface area contributed by atoms with E-state index in [4.69, 9.17) is 9.47 Å². The first kappa shape index (κ1) is 22.0. The smallest absolute Gasteiger partial charge is 0.344 e. The van der Waals surface area contributed by atoms with Gasteiger partial charge in [0.2, 0.25) is 0 Å². The molecule has 2 heterocycles. The Kier molecular flexibility index (Phi) is 6.85. The molecular formula is C24H21IN4O3. The first-order chi connectivity index (χ1) is 15.6. The molecule has 0 radical (unpaired) electrons. The Morgan fingerprint density at radius 1 is 1.16 bits per heavy atom. The van der Waals surface area contributed by atoms with Crippen molar-refractivity contribution in [2.24, 2.45) is 0 Å². The molecule has 0 fully saturated rings. The number of aromatic nitrogens is 3. The average molecular weight is 540 g/mol. The molecule has 0 amide bonds. The number of carbonyl (C=O) groups excluding carboxylic acids is 1. The molecule has 162 valence electrons. The molecule has 0 atom stereocenters. The summed E-state index contributed by atoms with van der Waals surface area (Å²) in [7, 11) is 1.51. The molecule has 0 spiro atoms. The summed E-state index contributed by atoms with van der Waals surface area (Å²) in [6.07, 6.45) is 5.90. The van der Waals surface area contributed by atoms with Gasteiger partial charge in [-0.3, -0.25) is 0 Å². The van der Waals surface area contributed by atoms with E-state index in [9.17, 15) is 10.1 Å². The number of methoxy groups -OCH3 is 1. The van der Waals surface area contributed by atoms with Gasteiger partial charge in [0.1, 0.15) is 11.9 Å². The van der Waals surface area contributed by atoms with Crippen LogP contribution in [0, 0.1) is 14.9 Å². The Labute approximate surface area is 199 Å². The maximum atomic E-state index is 12.6. The number of carbonyl (C=O) groups is 1. The minimum Gasteiger partial charge on any atom is -0.493 e. The second kappa shape index (κ2) is 9.96. The Morgan fingerprint density at radius 3 is 2.78 bits per heavy atom. The molecule has 0 N–H and O–H groups in total. The number of fused-ring (bicyclic) bond motifs is 1. The lowest BCUT2D eigenvalue weighted by Gasteiger charge is -2.11. The number of hydrogen-bond donors (Lipinski definition) is 0. The molecule has 7 nitrogen and oxygen atoms in total. The predicted octanol–water partition coefficient (Wildman–Crippen LogP) is 4.90. The van der Waals surface area contributed by atoms with Crippen molar-refractivity contribution in [1.82, 2.24) is 14.8 Å². The third kappa shape index (κ3) is 4.67. The summed E-state index contributed by atoms with van der Waals surface area (Å²) >= 11 is 2.10. The van der Waals surface area contributed by atoms with Gasteiger partial charge in [-0.1, -0.05) is 24.6 Å². The number of nitrogens with zero attached hydrogens (tertiary/aromatic N) is 4. The van der Waals surface area contributed by atoms with Gasteiger partial charge < -0.3 is 14.0 Å². The van der Waals surface area contributed by atoms with Crippen molar-refractivity contribution < 1.29 is 14.3 Å². The number of esters is 1. The molecule has 0 saturated heterocycles. The summed E-state index contributed by atoms with van der Waals surface area (Å²) in [6.45, 7) is 0.813. The van der Waals surface area contributed by atoms with E-state index in [0.29, 0.717) is 28.5 Å². The van der Waals surface area contributed by atoms with Crippen molar-refractivity contribution in [3.05, 3.63) is 68.8 Å². The van der Waals surface area contributed by atoms with Crippen molar-refractivity contribution in [1.29, 1.82) is 5.26 Å². The number of hydrogen-bond acceptors (Lipinski definition) is 6. The number of ether oxygens (including phenoxy) is 2. The van der Waals surface area contributed by atoms with Crippen molar-refractivity contribution in [3.63, 3.8) is 0 Å². The lowest BCUT2D eigenvalue weighted by molar-refractivity contribution is 0.0728. The molecule has 0 unspecified atom stereocenters. The summed E-state index contributed by atoms with van der Waals surface area (Å²) in [5, 5.41) is 18.3. The second-order valence-corrected chi connectivity index (χ2v) is 8.51. The molecule has 2 aromatic carbocycles. The maximum absolute atomic E-state index is 12.6. The number of halogens is 1.